The van der Waals surface area contributed by atoms with Crippen molar-refractivity contribution in [3.05, 3.63) is 45.6 Å². The molecule has 1 aromatic heterocycles. The molecule has 158 valence electrons. The minimum Gasteiger partial charge on any atom is -0.493 e. The van der Waals surface area contributed by atoms with Crippen LogP contribution in [0.1, 0.15) is 41.8 Å². The van der Waals surface area contributed by atoms with Gasteiger partial charge in [-0.15, -0.1) is 11.3 Å². The van der Waals surface area contributed by atoms with Crippen molar-refractivity contribution >= 4 is 28.9 Å². The number of methoxy groups -OCH3 is 2. The number of carbonyl (C=O) groups excluding carboxylic acids is 2. The van der Waals surface area contributed by atoms with Gasteiger partial charge in [0, 0.05) is 30.8 Å². The van der Waals surface area contributed by atoms with Crippen LogP contribution in [0.25, 0.3) is 0 Å². The zero-order chi connectivity index (χ0) is 21.3. The molecule has 2 aliphatic rings. The lowest BCUT2D eigenvalue weighted by molar-refractivity contribution is -0.132. The van der Waals surface area contributed by atoms with Gasteiger partial charge in [-0.05, 0) is 48.1 Å². The van der Waals surface area contributed by atoms with Gasteiger partial charge in [-0.3, -0.25) is 9.59 Å². The fourth-order valence-corrected chi connectivity index (χ4v) is 4.94. The Bertz CT molecular complexity index is 987. The van der Waals surface area contributed by atoms with Crippen LogP contribution >= 0.6 is 11.3 Å². The lowest BCUT2D eigenvalue weighted by Gasteiger charge is -2.38. The number of fused-ring (bicyclic) bond motifs is 1. The molecule has 0 saturated heterocycles. The fourth-order valence-electron chi connectivity index (χ4n) is 4.09. The maximum Gasteiger partial charge on any atom is 0.270 e. The first-order valence-corrected chi connectivity index (χ1v) is 10.9. The Balaban J connectivity index is 1.76. The lowest BCUT2D eigenvalue weighted by atomic mass is 9.90. The summed E-state index contributed by atoms with van der Waals surface area (Å²) in [7, 11) is 3.24. The van der Waals surface area contributed by atoms with E-state index in [1.165, 1.54) is 5.01 Å². The number of rotatable bonds is 5. The second-order valence-electron chi connectivity index (χ2n) is 7.23. The summed E-state index contributed by atoms with van der Waals surface area (Å²) in [6.45, 7) is 2.90. The van der Waals surface area contributed by atoms with Gasteiger partial charge in [0.05, 0.1) is 20.3 Å². The van der Waals surface area contributed by atoms with Crippen molar-refractivity contribution in [1.82, 2.24) is 9.91 Å². The van der Waals surface area contributed by atoms with Gasteiger partial charge in [0.15, 0.2) is 11.5 Å². The summed E-state index contributed by atoms with van der Waals surface area (Å²) in [5, 5.41) is 7.77. The maximum atomic E-state index is 13.5. The number of hydrazone groups is 1. The van der Waals surface area contributed by atoms with Crippen molar-refractivity contribution in [3.63, 3.8) is 0 Å². The highest BCUT2D eigenvalue weighted by molar-refractivity contribution is 7.10. The molecule has 0 saturated carbocycles. The van der Waals surface area contributed by atoms with Crippen molar-refractivity contribution in [2.24, 2.45) is 5.10 Å². The first kappa shape index (κ1) is 20.4. The van der Waals surface area contributed by atoms with Crippen molar-refractivity contribution in [2.75, 3.05) is 27.3 Å². The summed E-state index contributed by atoms with van der Waals surface area (Å²) in [5.41, 5.74) is 2.63. The van der Waals surface area contributed by atoms with E-state index in [9.17, 15) is 9.59 Å². The standard InChI is InChI=1S/C22H25N3O4S/c1-4-25-20(26)8-7-16(23-25)22(27)24-10-9-14-12-17(28-2)18(29-3)13-15(14)21(24)19-6-5-11-30-19/h5-6,11-13,21H,4,7-10H2,1-3H3. The molecule has 3 heterocycles. The summed E-state index contributed by atoms with van der Waals surface area (Å²) in [4.78, 5) is 28.5. The molecule has 0 N–H and O–H groups in total. The van der Waals surface area contributed by atoms with Gasteiger partial charge in [0.1, 0.15) is 5.71 Å². The van der Waals surface area contributed by atoms with E-state index < -0.39 is 0 Å². The van der Waals surface area contributed by atoms with Crippen LogP contribution in [0.4, 0.5) is 0 Å². The second kappa shape index (κ2) is 8.47. The van der Waals surface area contributed by atoms with Gasteiger partial charge >= 0.3 is 0 Å². The SMILES string of the molecule is CCN1N=C(C(=O)N2CCc3cc(OC)c(OC)cc3C2c2cccs2)CCC1=O. The van der Waals surface area contributed by atoms with Crippen LogP contribution in [0.15, 0.2) is 34.7 Å². The largest absolute Gasteiger partial charge is 0.493 e. The molecule has 0 fully saturated rings. The second-order valence-corrected chi connectivity index (χ2v) is 8.21. The van der Waals surface area contributed by atoms with Gasteiger partial charge in [0.25, 0.3) is 5.91 Å². The fraction of sp³-hybridized carbons (Fsp3) is 0.409. The molecule has 0 bridgehead atoms. The molecule has 1 atom stereocenters. The minimum atomic E-state index is -0.225. The maximum absolute atomic E-state index is 13.5. The molecule has 1 unspecified atom stereocenters. The summed E-state index contributed by atoms with van der Waals surface area (Å²) in [5.74, 6) is 1.18. The first-order chi connectivity index (χ1) is 14.6. The number of hydrogen-bond acceptors (Lipinski definition) is 6. The molecule has 0 radical (unpaired) electrons. The van der Waals surface area contributed by atoms with Crippen LogP contribution < -0.4 is 9.47 Å². The van der Waals surface area contributed by atoms with Crippen molar-refractivity contribution in [2.45, 2.75) is 32.2 Å². The molecule has 30 heavy (non-hydrogen) atoms. The Kier molecular flexibility index (Phi) is 5.76. The van der Waals surface area contributed by atoms with E-state index in [1.54, 1.807) is 25.6 Å². The van der Waals surface area contributed by atoms with Crippen LogP contribution in [-0.2, 0) is 16.0 Å². The predicted octanol–water partition coefficient (Wildman–Crippen LogP) is 3.24. The smallest absolute Gasteiger partial charge is 0.270 e. The van der Waals surface area contributed by atoms with E-state index in [-0.39, 0.29) is 17.9 Å². The number of carbonyl (C=O) groups is 2. The number of thiophene rings is 1. The zero-order valence-corrected chi connectivity index (χ0v) is 18.2. The molecule has 2 aliphatic heterocycles. The van der Waals surface area contributed by atoms with Crippen molar-refractivity contribution in [3.8, 4) is 11.5 Å². The average Bonchev–Trinajstić information content (AvgIpc) is 3.31. The topological polar surface area (TPSA) is 71.4 Å². The Morgan fingerprint density at radius 3 is 2.63 bits per heavy atom. The molecule has 0 spiro atoms. The third-order valence-corrected chi connectivity index (χ3v) is 6.52. The lowest BCUT2D eigenvalue weighted by Crippen LogP contribution is -2.46. The van der Waals surface area contributed by atoms with Gasteiger partial charge < -0.3 is 14.4 Å². The van der Waals surface area contributed by atoms with E-state index in [0.29, 0.717) is 49.6 Å². The highest BCUT2D eigenvalue weighted by Crippen LogP contribution is 2.42. The Labute approximate surface area is 179 Å². The predicted molar refractivity (Wildman–Crippen MR) is 115 cm³/mol. The van der Waals surface area contributed by atoms with E-state index in [2.05, 4.69) is 5.10 Å². The average molecular weight is 428 g/mol. The molecule has 1 aromatic carbocycles. The van der Waals surface area contributed by atoms with Gasteiger partial charge in [0.2, 0.25) is 5.91 Å². The van der Waals surface area contributed by atoms with Gasteiger partial charge in [-0.1, -0.05) is 6.07 Å². The number of ether oxygens (including phenoxy) is 2. The van der Waals surface area contributed by atoms with Crippen molar-refractivity contribution < 1.29 is 19.1 Å². The Morgan fingerprint density at radius 2 is 1.97 bits per heavy atom. The third kappa shape index (κ3) is 3.56. The third-order valence-electron chi connectivity index (χ3n) is 5.60. The monoisotopic (exact) mass is 427 g/mol. The van der Waals surface area contributed by atoms with E-state index >= 15 is 0 Å². The van der Waals surface area contributed by atoms with Crippen LogP contribution in [0.5, 0.6) is 11.5 Å². The Morgan fingerprint density at radius 1 is 1.20 bits per heavy atom. The molecule has 2 amide bonds. The molecule has 7 nitrogen and oxygen atoms in total. The minimum absolute atomic E-state index is 0.0373. The van der Waals surface area contributed by atoms with Crippen LogP contribution in [0.3, 0.4) is 0 Å². The highest BCUT2D eigenvalue weighted by atomic mass is 32.1. The molecule has 4 rings (SSSR count). The summed E-state index contributed by atoms with van der Waals surface area (Å²) in [6, 6.07) is 7.80. The van der Waals surface area contributed by atoms with Gasteiger partial charge in [-0.25, -0.2) is 5.01 Å². The summed E-state index contributed by atoms with van der Waals surface area (Å²) in [6.07, 6.45) is 1.41. The van der Waals surface area contributed by atoms with Crippen LogP contribution in [0, 0.1) is 0 Å². The number of hydrogen-bond donors (Lipinski definition) is 0. The molecular weight excluding hydrogens is 402 g/mol. The quantitative estimate of drug-likeness (QED) is 0.735. The summed E-state index contributed by atoms with van der Waals surface area (Å²) >= 11 is 1.62. The Hall–Kier alpha value is -2.87. The number of amides is 2. The zero-order valence-electron chi connectivity index (χ0n) is 17.4. The number of nitrogens with zero attached hydrogens (tertiary/aromatic N) is 3. The van der Waals surface area contributed by atoms with E-state index in [0.717, 1.165) is 16.0 Å². The summed E-state index contributed by atoms with van der Waals surface area (Å²) < 4.78 is 11.0. The molecule has 0 aliphatic carbocycles. The molecule has 2 aromatic rings. The van der Waals surface area contributed by atoms with E-state index in [1.807, 2.05) is 41.5 Å². The van der Waals surface area contributed by atoms with E-state index in [4.69, 9.17) is 9.47 Å². The molecule has 8 heteroatoms. The normalized spacial score (nSPS) is 18.7. The van der Waals surface area contributed by atoms with Gasteiger partial charge in [-0.2, -0.15) is 5.10 Å². The highest BCUT2D eigenvalue weighted by Gasteiger charge is 2.37. The van der Waals surface area contributed by atoms with Crippen LogP contribution in [-0.4, -0.2) is 54.7 Å². The number of benzene rings is 1. The molecular formula is C22H25N3O4S. The first-order valence-electron chi connectivity index (χ1n) is 10.0. The van der Waals surface area contributed by atoms with Crippen molar-refractivity contribution in [1.29, 1.82) is 0 Å². The van der Waals surface area contributed by atoms with Crippen LogP contribution in [0.2, 0.25) is 0 Å².